The van der Waals surface area contributed by atoms with Gasteiger partial charge in [-0.15, -0.1) is 0 Å². The first-order valence-electron chi connectivity index (χ1n) is 8.40. The van der Waals surface area contributed by atoms with Crippen LogP contribution in [0.4, 0.5) is 0 Å². The van der Waals surface area contributed by atoms with Crippen molar-refractivity contribution >= 4 is 8.80 Å². The van der Waals surface area contributed by atoms with Crippen molar-refractivity contribution in [2.75, 3.05) is 67.6 Å². The smallest absolute Gasteiger partial charge is 0.501 e. The third-order valence-corrected chi connectivity index (χ3v) is 5.90. The third kappa shape index (κ3) is 12.9. The zero-order valence-corrected chi connectivity index (χ0v) is 16.6. The molecular weight excluding hydrogens is 332 g/mol. The molecule has 0 spiro atoms. The average molecular weight is 367 g/mol. The van der Waals surface area contributed by atoms with E-state index in [1.807, 2.05) is 6.08 Å². The van der Waals surface area contributed by atoms with Gasteiger partial charge in [-0.25, -0.2) is 0 Å². The first-order chi connectivity index (χ1) is 11.7. The van der Waals surface area contributed by atoms with Gasteiger partial charge in [0, 0.05) is 27.4 Å². The van der Waals surface area contributed by atoms with Crippen molar-refractivity contribution in [3.63, 3.8) is 0 Å². The van der Waals surface area contributed by atoms with E-state index in [0.717, 1.165) is 12.8 Å². The maximum absolute atomic E-state index is 5.98. The van der Waals surface area contributed by atoms with Crippen molar-refractivity contribution in [3.8, 4) is 0 Å². The molecule has 0 atom stereocenters. The third-order valence-electron chi connectivity index (χ3n) is 3.00. The van der Waals surface area contributed by atoms with Gasteiger partial charge in [0.25, 0.3) is 0 Å². The molecule has 0 amide bonds. The molecule has 0 heterocycles. The highest BCUT2D eigenvalue weighted by Crippen LogP contribution is 2.18. The zero-order chi connectivity index (χ0) is 17.9. The summed E-state index contributed by atoms with van der Waals surface area (Å²) in [7, 11) is 2.09. The Morgan fingerprint density at radius 3 is 1.62 bits per heavy atom. The van der Waals surface area contributed by atoms with E-state index >= 15 is 0 Å². The van der Waals surface area contributed by atoms with Crippen LogP contribution in [0.5, 0.6) is 0 Å². The quantitative estimate of drug-likeness (QED) is 0.209. The fourth-order valence-corrected chi connectivity index (χ4v) is 4.23. The summed E-state index contributed by atoms with van der Waals surface area (Å²) < 4.78 is 38.6. The highest BCUT2D eigenvalue weighted by atomic mass is 28.4. The molecule has 0 aliphatic carbocycles. The molecule has 0 aromatic heterocycles. The highest BCUT2D eigenvalue weighted by Gasteiger charge is 2.40. The topological polar surface area (TPSA) is 64.6 Å². The van der Waals surface area contributed by atoms with Crippen LogP contribution in [0.3, 0.4) is 0 Å². The lowest BCUT2D eigenvalue weighted by molar-refractivity contribution is 0.0135. The number of rotatable bonds is 18. The normalized spacial score (nSPS) is 12.2. The van der Waals surface area contributed by atoms with Crippen LogP contribution < -0.4 is 0 Å². The molecule has 0 aromatic rings. The van der Waals surface area contributed by atoms with Crippen LogP contribution in [0.1, 0.15) is 19.8 Å². The van der Waals surface area contributed by atoms with Crippen molar-refractivity contribution in [2.24, 2.45) is 0 Å². The number of hydrogen-bond acceptors (Lipinski definition) is 7. The van der Waals surface area contributed by atoms with Gasteiger partial charge in [-0.1, -0.05) is 13.0 Å². The predicted molar refractivity (Wildman–Crippen MR) is 94.0 cm³/mol. The van der Waals surface area contributed by atoms with Gasteiger partial charge in [0.05, 0.1) is 52.5 Å². The Hall–Kier alpha value is -0.483. The Kier molecular flexibility index (Phi) is 17.0. The number of allylic oxidation sites excluding steroid dienone is 1. The summed E-state index contributed by atoms with van der Waals surface area (Å²) in [4.78, 5) is 0. The highest BCUT2D eigenvalue weighted by molar-refractivity contribution is 6.60. The largest absolute Gasteiger partial charge is 0.502 e. The summed E-state index contributed by atoms with van der Waals surface area (Å²) >= 11 is 0. The second kappa shape index (κ2) is 17.3. The molecule has 144 valence electrons. The number of methoxy groups -OCH3 is 3. The molecule has 0 saturated heterocycles. The molecule has 24 heavy (non-hydrogen) atoms. The van der Waals surface area contributed by atoms with E-state index in [1.165, 1.54) is 0 Å². The Morgan fingerprint density at radius 2 is 1.21 bits per heavy atom. The molecule has 0 N–H and O–H groups in total. The molecule has 0 saturated carbocycles. The molecule has 0 radical (unpaired) electrons. The molecule has 0 aromatic carbocycles. The van der Waals surface area contributed by atoms with Crippen molar-refractivity contribution in [2.45, 2.75) is 25.8 Å². The number of hydrogen-bond donors (Lipinski definition) is 0. The summed E-state index contributed by atoms with van der Waals surface area (Å²) in [5.41, 5.74) is 0. The lowest BCUT2D eigenvalue weighted by Gasteiger charge is -2.29. The maximum atomic E-state index is 5.98. The SMILES string of the molecule is CCC=COCCC[Si](OCCOC)(OCCOC)OCCOC. The van der Waals surface area contributed by atoms with Crippen molar-refractivity contribution in [1.29, 1.82) is 0 Å². The van der Waals surface area contributed by atoms with Gasteiger partial charge in [-0.2, -0.15) is 0 Å². The van der Waals surface area contributed by atoms with E-state index in [-0.39, 0.29) is 0 Å². The minimum absolute atomic E-state index is 0.430. The first-order valence-corrected chi connectivity index (χ1v) is 10.3. The van der Waals surface area contributed by atoms with Crippen molar-refractivity contribution in [3.05, 3.63) is 12.3 Å². The Bertz CT molecular complexity index is 263. The monoisotopic (exact) mass is 366 g/mol. The molecule has 0 unspecified atom stereocenters. The fourth-order valence-electron chi connectivity index (χ4n) is 1.79. The van der Waals surface area contributed by atoms with Crippen LogP contribution in [0.2, 0.25) is 6.04 Å². The average Bonchev–Trinajstić information content (AvgIpc) is 2.58. The van der Waals surface area contributed by atoms with E-state index in [1.54, 1.807) is 27.6 Å². The van der Waals surface area contributed by atoms with Crippen LogP contribution in [0.25, 0.3) is 0 Å². The summed E-state index contributed by atoms with van der Waals surface area (Å²) in [6.07, 6.45) is 5.45. The van der Waals surface area contributed by atoms with Gasteiger partial charge in [-0.05, 0) is 12.8 Å². The molecule has 0 aliphatic rings. The van der Waals surface area contributed by atoms with E-state index in [2.05, 4.69) is 6.92 Å². The molecule has 8 heteroatoms. The van der Waals surface area contributed by atoms with Crippen LogP contribution >= 0.6 is 0 Å². The van der Waals surface area contributed by atoms with Crippen LogP contribution in [-0.2, 0) is 32.2 Å². The van der Waals surface area contributed by atoms with E-state index in [9.17, 15) is 0 Å². The summed E-state index contributed by atoms with van der Waals surface area (Å²) in [5.74, 6) is 0. The van der Waals surface area contributed by atoms with Gasteiger partial charge < -0.3 is 32.2 Å². The van der Waals surface area contributed by atoms with E-state index in [0.29, 0.717) is 52.3 Å². The summed E-state index contributed by atoms with van der Waals surface area (Å²) in [6, 6.07) is 0.671. The van der Waals surface area contributed by atoms with Gasteiger partial charge in [0.2, 0.25) is 0 Å². The fraction of sp³-hybridized carbons (Fsp3) is 0.875. The number of ether oxygens (including phenoxy) is 4. The molecule has 0 bridgehead atoms. The lowest BCUT2D eigenvalue weighted by atomic mass is 10.5. The minimum atomic E-state index is -2.82. The molecular formula is C16H34O7Si. The van der Waals surface area contributed by atoms with Crippen LogP contribution in [-0.4, -0.2) is 76.4 Å². The van der Waals surface area contributed by atoms with Gasteiger partial charge in [0.15, 0.2) is 0 Å². The summed E-state index contributed by atoms with van der Waals surface area (Å²) in [6.45, 7) is 5.43. The Balaban J connectivity index is 4.56. The van der Waals surface area contributed by atoms with E-state index < -0.39 is 8.80 Å². The molecule has 0 rings (SSSR count). The van der Waals surface area contributed by atoms with Crippen LogP contribution in [0.15, 0.2) is 12.3 Å². The maximum Gasteiger partial charge on any atom is 0.501 e. The first kappa shape index (κ1) is 23.5. The van der Waals surface area contributed by atoms with Gasteiger partial charge in [0.1, 0.15) is 0 Å². The van der Waals surface area contributed by atoms with Crippen molar-refractivity contribution < 1.29 is 32.2 Å². The molecule has 0 aliphatic heterocycles. The predicted octanol–water partition coefficient (Wildman–Crippen LogP) is 2.24. The van der Waals surface area contributed by atoms with Gasteiger partial charge in [-0.3, -0.25) is 0 Å². The zero-order valence-electron chi connectivity index (χ0n) is 15.6. The standard InChI is InChI=1S/C16H34O7Si/c1-5-6-8-20-9-7-16-24(21-13-10-17-2,22-14-11-18-3)23-15-12-19-4/h6,8H,5,7,9-16H2,1-4H3. The lowest BCUT2D eigenvalue weighted by Crippen LogP contribution is -2.48. The van der Waals surface area contributed by atoms with E-state index in [4.69, 9.17) is 32.2 Å². The second-order valence-electron chi connectivity index (χ2n) is 4.96. The Labute approximate surface area is 147 Å². The minimum Gasteiger partial charge on any atom is -0.502 e. The van der Waals surface area contributed by atoms with Crippen LogP contribution in [0, 0.1) is 0 Å². The molecule has 7 nitrogen and oxygen atoms in total. The van der Waals surface area contributed by atoms with Crippen molar-refractivity contribution in [1.82, 2.24) is 0 Å². The second-order valence-corrected chi connectivity index (χ2v) is 7.69. The molecule has 0 fully saturated rings. The Morgan fingerprint density at radius 1 is 0.708 bits per heavy atom. The van der Waals surface area contributed by atoms with Gasteiger partial charge >= 0.3 is 8.80 Å². The summed E-state index contributed by atoms with van der Waals surface area (Å²) in [5, 5.41) is 0.